The summed E-state index contributed by atoms with van der Waals surface area (Å²) < 4.78 is 23.3. The van der Waals surface area contributed by atoms with E-state index in [4.69, 9.17) is 9.47 Å². The summed E-state index contributed by atoms with van der Waals surface area (Å²) in [7, 11) is 3.13. The van der Waals surface area contributed by atoms with Crippen molar-refractivity contribution in [1.29, 1.82) is 0 Å². The number of methoxy groups -OCH3 is 2. The molecule has 4 heteroatoms. The average molecular weight is 253 g/mol. The molecule has 0 amide bonds. The lowest BCUT2D eigenvalue weighted by Gasteiger charge is -2.06. The van der Waals surface area contributed by atoms with E-state index in [-0.39, 0.29) is 11.6 Å². The molecule has 1 rings (SSSR count). The monoisotopic (exact) mass is 253 g/mol. The van der Waals surface area contributed by atoms with Gasteiger partial charge in [0.05, 0.1) is 13.7 Å². The third-order valence-electron chi connectivity index (χ3n) is 2.48. The van der Waals surface area contributed by atoms with Gasteiger partial charge in [-0.25, -0.2) is 4.39 Å². The molecule has 1 N–H and O–H groups in total. The van der Waals surface area contributed by atoms with Crippen LogP contribution in [-0.4, -0.2) is 33.9 Å². The highest BCUT2D eigenvalue weighted by atomic mass is 19.1. The van der Waals surface area contributed by atoms with Gasteiger partial charge in [-0.3, -0.25) is 0 Å². The Bertz CT molecular complexity index is 405. The van der Waals surface area contributed by atoms with E-state index in [1.807, 2.05) is 19.1 Å². The Balaban J connectivity index is 2.56. The molecule has 0 fully saturated rings. The fourth-order valence-corrected chi connectivity index (χ4v) is 1.57. The number of rotatable bonds is 7. The molecule has 0 radical (unpaired) electrons. The Morgan fingerprint density at radius 3 is 2.78 bits per heavy atom. The third kappa shape index (κ3) is 4.85. The third-order valence-corrected chi connectivity index (χ3v) is 2.48. The molecule has 0 aliphatic heterocycles. The quantitative estimate of drug-likeness (QED) is 0.757. The number of hydrogen-bond acceptors (Lipinski definition) is 3. The minimum absolute atomic E-state index is 0.267. The molecule has 0 saturated heterocycles. The molecule has 100 valence electrons. The summed E-state index contributed by atoms with van der Waals surface area (Å²) in [5.74, 6) is -0.0746. The molecule has 1 aromatic carbocycles. The SMILES string of the molecule is COCCNCC(C)=Cc1ccc(OC)c(F)c1. The molecular weight excluding hydrogens is 233 g/mol. The van der Waals surface area contributed by atoms with Gasteiger partial charge in [-0.2, -0.15) is 0 Å². The first kappa shape index (κ1) is 14.7. The van der Waals surface area contributed by atoms with Crippen molar-refractivity contribution in [1.82, 2.24) is 5.32 Å². The lowest BCUT2D eigenvalue weighted by atomic mass is 10.1. The minimum Gasteiger partial charge on any atom is -0.494 e. The number of nitrogens with one attached hydrogen (secondary N) is 1. The Hall–Kier alpha value is -1.39. The summed E-state index contributed by atoms with van der Waals surface area (Å²) in [5, 5.41) is 3.23. The molecule has 0 unspecified atom stereocenters. The molecule has 0 spiro atoms. The molecular formula is C14H20FNO2. The lowest BCUT2D eigenvalue weighted by molar-refractivity contribution is 0.200. The summed E-state index contributed by atoms with van der Waals surface area (Å²) in [6.07, 6.45) is 1.95. The van der Waals surface area contributed by atoms with Crippen LogP contribution in [0.3, 0.4) is 0 Å². The molecule has 0 saturated carbocycles. The first-order valence-electron chi connectivity index (χ1n) is 5.87. The van der Waals surface area contributed by atoms with Crippen molar-refractivity contribution in [2.24, 2.45) is 0 Å². The summed E-state index contributed by atoms with van der Waals surface area (Å²) in [5.41, 5.74) is 1.97. The van der Waals surface area contributed by atoms with Gasteiger partial charge >= 0.3 is 0 Å². The van der Waals surface area contributed by atoms with E-state index in [1.165, 1.54) is 13.2 Å². The van der Waals surface area contributed by atoms with Crippen LogP contribution >= 0.6 is 0 Å². The predicted octanol–water partition coefficient (Wildman–Crippen LogP) is 2.47. The van der Waals surface area contributed by atoms with Gasteiger partial charge in [0, 0.05) is 20.2 Å². The molecule has 0 atom stereocenters. The summed E-state index contributed by atoms with van der Waals surface area (Å²) in [6.45, 7) is 4.25. The topological polar surface area (TPSA) is 30.5 Å². The van der Waals surface area contributed by atoms with Crippen molar-refractivity contribution in [3.05, 3.63) is 35.2 Å². The van der Waals surface area contributed by atoms with E-state index in [2.05, 4.69) is 5.32 Å². The van der Waals surface area contributed by atoms with Gasteiger partial charge in [-0.1, -0.05) is 17.7 Å². The molecule has 18 heavy (non-hydrogen) atoms. The standard InChI is InChI=1S/C14H20FNO2/c1-11(10-16-6-7-17-2)8-12-4-5-14(18-3)13(15)9-12/h4-5,8-9,16H,6-7,10H2,1-3H3. The minimum atomic E-state index is -0.341. The fraction of sp³-hybridized carbons (Fsp3) is 0.429. The fourth-order valence-electron chi connectivity index (χ4n) is 1.57. The largest absolute Gasteiger partial charge is 0.494 e. The van der Waals surface area contributed by atoms with Crippen LogP contribution in [0.4, 0.5) is 4.39 Å². The van der Waals surface area contributed by atoms with E-state index in [0.717, 1.165) is 24.2 Å². The van der Waals surface area contributed by atoms with E-state index < -0.39 is 0 Å². The van der Waals surface area contributed by atoms with Crippen LogP contribution in [0.1, 0.15) is 12.5 Å². The van der Waals surface area contributed by atoms with Gasteiger partial charge in [0.15, 0.2) is 11.6 Å². The van der Waals surface area contributed by atoms with Crippen molar-refractivity contribution in [3.8, 4) is 5.75 Å². The summed E-state index contributed by atoms with van der Waals surface area (Å²) in [4.78, 5) is 0. The van der Waals surface area contributed by atoms with Crippen molar-refractivity contribution < 1.29 is 13.9 Å². The van der Waals surface area contributed by atoms with Gasteiger partial charge in [-0.15, -0.1) is 0 Å². The molecule has 0 aromatic heterocycles. The zero-order valence-corrected chi connectivity index (χ0v) is 11.1. The van der Waals surface area contributed by atoms with E-state index >= 15 is 0 Å². The van der Waals surface area contributed by atoms with Gasteiger partial charge in [0.25, 0.3) is 0 Å². The average Bonchev–Trinajstić information content (AvgIpc) is 2.35. The Morgan fingerprint density at radius 2 is 2.17 bits per heavy atom. The van der Waals surface area contributed by atoms with Crippen molar-refractivity contribution in [2.45, 2.75) is 6.92 Å². The van der Waals surface area contributed by atoms with E-state index in [1.54, 1.807) is 13.2 Å². The van der Waals surface area contributed by atoms with E-state index in [9.17, 15) is 4.39 Å². The number of halogens is 1. The highest BCUT2D eigenvalue weighted by Gasteiger charge is 2.02. The molecule has 0 heterocycles. The zero-order chi connectivity index (χ0) is 13.4. The van der Waals surface area contributed by atoms with Crippen molar-refractivity contribution in [3.63, 3.8) is 0 Å². The second-order valence-electron chi connectivity index (χ2n) is 4.05. The van der Waals surface area contributed by atoms with Gasteiger partial charge < -0.3 is 14.8 Å². The van der Waals surface area contributed by atoms with E-state index in [0.29, 0.717) is 6.61 Å². The molecule has 3 nitrogen and oxygen atoms in total. The smallest absolute Gasteiger partial charge is 0.165 e. The second-order valence-corrected chi connectivity index (χ2v) is 4.05. The van der Waals surface area contributed by atoms with Crippen LogP contribution in [0.15, 0.2) is 23.8 Å². The van der Waals surface area contributed by atoms with Crippen LogP contribution in [0.2, 0.25) is 0 Å². The molecule has 0 aliphatic carbocycles. The number of ether oxygens (including phenoxy) is 2. The normalized spacial score (nSPS) is 11.7. The Morgan fingerprint density at radius 1 is 1.39 bits per heavy atom. The predicted molar refractivity (Wildman–Crippen MR) is 71.3 cm³/mol. The van der Waals surface area contributed by atoms with Crippen LogP contribution in [0, 0.1) is 5.82 Å². The van der Waals surface area contributed by atoms with Crippen molar-refractivity contribution in [2.75, 3.05) is 33.9 Å². The second kappa shape index (κ2) is 7.84. The summed E-state index contributed by atoms with van der Waals surface area (Å²) in [6, 6.07) is 4.94. The maximum atomic E-state index is 13.5. The van der Waals surface area contributed by atoms with Gasteiger partial charge in [-0.05, 0) is 24.6 Å². The number of hydrogen-bond donors (Lipinski definition) is 1. The highest BCUT2D eigenvalue weighted by Crippen LogP contribution is 2.19. The lowest BCUT2D eigenvalue weighted by Crippen LogP contribution is -2.20. The van der Waals surface area contributed by atoms with Gasteiger partial charge in [0.1, 0.15) is 0 Å². The first-order valence-corrected chi connectivity index (χ1v) is 5.87. The highest BCUT2D eigenvalue weighted by molar-refractivity contribution is 5.54. The zero-order valence-electron chi connectivity index (χ0n) is 11.1. The maximum absolute atomic E-state index is 13.5. The van der Waals surface area contributed by atoms with Gasteiger partial charge in [0.2, 0.25) is 0 Å². The van der Waals surface area contributed by atoms with Crippen LogP contribution < -0.4 is 10.1 Å². The molecule has 1 aromatic rings. The molecule has 0 bridgehead atoms. The maximum Gasteiger partial charge on any atom is 0.165 e. The molecule has 0 aliphatic rings. The van der Waals surface area contributed by atoms with Crippen LogP contribution in [0.25, 0.3) is 6.08 Å². The first-order chi connectivity index (χ1) is 8.67. The van der Waals surface area contributed by atoms with Crippen molar-refractivity contribution >= 4 is 6.08 Å². The number of benzene rings is 1. The Labute approximate surface area is 108 Å². The Kier molecular flexibility index (Phi) is 6.39. The van der Waals surface area contributed by atoms with Crippen LogP contribution in [0.5, 0.6) is 5.75 Å². The summed E-state index contributed by atoms with van der Waals surface area (Å²) >= 11 is 0. The van der Waals surface area contributed by atoms with Crippen LogP contribution in [-0.2, 0) is 4.74 Å².